The van der Waals surface area contributed by atoms with E-state index in [9.17, 15) is 24.3 Å². The predicted molar refractivity (Wildman–Crippen MR) is 127 cm³/mol. The van der Waals surface area contributed by atoms with E-state index >= 15 is 0 Å². The van der Waals surface area contributed by atoms with Crippen LogP contribution in [0.2, 0.25) is 0 Å². The number of fused-ring (bicyclic) bond motifs is 4. The lowest BCUT2D eigenvalue weighted by Crippen LogP contribution is -2.54. The number of piperidine rings is 1. The molecule has 8 heteroatoms. The van der Waals surface area contributed by atoms with Crippen molar-refractivity contribution in [3.05, 3.63) is 89.0 Å². The molecule has 1 aliphatic carbocycles. The molecule has 6 rings (SSSR count). The summed E-state index contributed by atoms with van der Waals surface area (Å²) in [5, 5.41) is 14.3. The van der Waals surface area contributed by atoms with E-state index in [2.05, 4.69) is 10.6 Å². The lowest BCUT2D eigenvalue weighted by Gasteiger charge is -2.38. The molecule has 3 aliphatic rings. The van der Waals surface area contributed by atoms with Gasteiger partial charge in [0.25, 0.3) is 5.91 Å². The molecule has 0 aromatic heterocycles. The molecular weight excluding hydrogens is 446 g/mol. The molecule has 8 nitrogen and oxygen atoms in total. The van der Waals surface area contributed by atoms with Crippen molar-refractivity contribution in [1.82, 2.24) is 10.2 Å². The average molecular weight is 467 g/mol. The first-order chi connectivity index (χ1) is 17.0. The van der Waals surface area contributed by atoms with Crippen molar-refractivity contribution in [3.63, 3.8) is 0 Å². The van der Waals surface area contributed by atoms with Gasteiger partial charge in [0.1, 0.15) is 6.04 Å². The van der Waals surface area contributed by atoms with Crippen LogP contribution in [0.3, 0.4) is 0 Å². The van der Waals surface area contributed by atoms with Crippen LogP contribution in [-0.4, -0.2) is 39.9 Å². The number of carbonyl (C=O) groups excluding carboxylic acids is 3. The minimum absolute atomic E-state index is 0.126. The molecule has 1 fully saturated rings. The third kappa shape index (κ3) is 3.13. The summed E-state index contributed by atoms with van der Waals surface area (Å²) in [6.07, 6.45) is -0.906. The van der Waals surface area contributed by atoms with E-state index in [0.29, 0.717) is 16.8 Å². The van der Waals surface area contributed by atoms with Crippen LogP contribution in [0.15, 0.2) is 66.7 Å². The van der Waals surface area contributed by atoms with Gasteiger partial charge >= 0.3 is 6.09 Å². The zero-order chi connectivity index (χ0) is 24.3. The van der Waals surface area contributed by atoms with Gasteiger partial charge in [-0.1, -0.05) is 54.6 Å². The fourth-order valence-corrected chi connectivity index (χ4v) is 5.84. The van der Waals surface area contributed by atoms with Crippen LogP contribution < -0.4 is 10.6 Å². The Hall–Kier alpha value is -4.46. The fraction of sp³-hybridized carbons (Fsp3) is 0.185. The molecule has 4 amide bonds. The first-order valence-electron chi connectivity index (χ1n) is 11.4. The Labute approximate surface area is 200 Å². The molecule has 2 unspecified atom stereocenters. The first-order valence-corrected chi connectivity index (χ1v) is 11.4. The number of nitrogens with one attached hydrogen (secondary N) is 2. The van der Waals surface area contributed by atoms with Gasteiger partial charge in [0.15, 0.2) is 0 Å². The Morgan fingerprint density at radius 2 is 1.51 bits per heavy atom. The normalized spacial score (nSPS) is 20.8. The highest BCUT2D eigenvalue weighted by atomic mass is 16.4. The molecule has 0 saturated carbocycles. The van der Waals surface area contributed by atoms with Gasteiger partial charge in [-0.25, -0.2) is 4.79 Å². The van der Waals surface area contributed by atoms with E-state index in [-0.39, 0.29) is 30.6 Å². The van der Waals surface area contributed by atoms with Crippen molar-refractivity contribution >= 4 is 29.5 Å². The molecule has 3 aromatic carbocycles. The second kappa shape index (κ2) is 7.80. The van der Waals surface area contributed by atoms with Gasteiger partial charge < -0.3 is 10.0 Å². The molecule has 2 atom stereocenters. The number of carboxylic acid groups (broad SMARTS) is 1. The number of hydrogen-bond acceptors (Lipinski definition) is 4. The molecule has 0 spiro atoms. The summed E-state index contributed by atoms with van der Waals surface area (Å²) in [4.78, 5) is 51.9. The van der Waals surface area contributed by atoms with Crippen molar-refractivity contribution in [1.29, 1.82) is 0 Å². The van der Waals surface area contributed by atoms with E-state index in [4.69, 9.17) is 0 Å². The van der Waals surface area contributed by atoms with Crippen molar-refractivity contribution in [2.45, 2.75) is 30.8 Å². The number of hydrogen-bond donors (Lipinski definition) is 3. The summed E-state index contributed by atoms with van der Waals surface area (Å²) in [5.41, 5.74) is 5.30. The third-order valence-electron chi connectivity index (χ3n) is 7.15. The smallest absolute Gasteiger partial charge is 0.409 e. The lowest BCUT2D eigenvalue weighted by molar-refractivity contribution is -0.137. The van der Waals surface area contributed by atoms with Gasteiger partial charge in [-0.05, 0) is 40.8 Å². The highest BCUT2D eigenvalue weighted by Gasteiger charge is 2.51. The van der Waals surface area contributed by atoms with Crippen molar-refractivity contribution < 1.29 is 24.3 Å². The molecule has 1 saturated heterocycles. The first kappa shape index (κ1) is 21.1. The molecule has 0 bridgehead atoms. The van der Waals surface area contributed by atoms with Gasteiger partial charge in [-0.3, -0.25) is 25.0 Å². The van der Waals surface area contributed by atoms with Crippen molar-refractivity contribution in [2.75, 3.05) is 5.32 Å². The van der Waals surface area contributed by atoms with Gasteiger partial charge in [-0.15, -0.1) is 0 Å². The number of amides is 4. The molecule has 0 radical (unpaired) electrons. The van der Waals surface area contributed by atoms with Crippen LogP contribution in [0.1, 0.15) is 51.8 Å². The van der Waals surface area contributed by atoms with E-state index in [0.717, 1.165) is 22.3 Å². The third-order valence-corrected chi connectivity index (χ3v) is 7.15. The number of benzene rings is 3. The number of nitrogens with zero attached hydrogens (tertiary/aromatic N) is 1. The number of carbonyl (C=O) groups is 4. The highest BCUT2D eigenvalue weighted by molar-refractivity contribution is 6.07. The maximum absolute atomic E-state index is 13.8. The van der Waals surface area contributed by atoms with Crippen LogP contribution in [0.4, 0.5) is 10.5 Å². The number of anilines is 1. The Bertz CT molecular complexity index is 1390. The van der Waals surface area contributed by atoms with E-state index in [1.807, 2.05) is 48.5 Å². The standard InChI is InChI=1S/C27H21N3O5/c31-21-13-12-20(25(32)29-21)30-24(23-18(26(30)33)10-5-11-19(23)28-27(34)35)22-16-8-3-1-6-14(16)15-7-2-4-9-17(15)22/h1-11,20,22,24,28H,12-13H2,(H,34,35)(H,29,31,32). The largest absolute Gasteiger partial charge is 0.465 e. The number of rotatable bonds is 3. The topological polar surface area (TPSA) is 116 Å². The van der Waals surface area contributed by atoms with E-state index in [1.165, 1.54) is 0 Å². The van der Waals surface area contributed by atoms with Crippen LogP contribution in [-0.2, 0) is 9.59 Å². The summed E-state index contributed by atoms with van der Waals surface area (Å²) in [5.74, 6) is -1.55. The second-order valence-electron chi connectivity index (χ2n) is 8.97. The SMILES string of the molecule is O=C(O)Nc1cccc2c1C(C1c3ccccc3-c3ccccc31)N(C1CCC(=O)NC1=O)C2=O. The molecule has 35 heavy (non-hydrogen) atoms. The summed E-state index contributed by atoms with van der Waals surface area (Å²) < 4.78 is 0. The monoisotopic (exact) mass is 467 g/mol. The molecular formula is C27H21N3O5. The van der Waals surface area contributed by atoms with Gasteiger partial charge in [-0.2, -0.15) is 0 Å². The van der Waals surface area contributed by atoms with Gasteiger partial charge in [0.05, 0.1) is 11.7 Å². The summed E-state index contributed by atoms with van der Waals surface area (Å²) in [6.45, 7) is 0. The molecule has 2 aliphatic heterocycles. The number of imide groups is 1. The summed E-state index contributed by atoms with van der Waals surface area (Å²) >= 11 is 0. The Kier molecular flexibility index (Phi) is 4.70. The van der Waals surface area contributed by atoms with Gasteiger partial charge in [0.2, 0.25) is 11.8 Å². The maximum atomic E-state index is 13.8. The Balaban J connectivity index is 1.60. The zero-order valence-electron chi connectivity index (χ0n) is 18.5. The van der Waals surface area contributed by atoms with E-state index < -0.39 is 24.1 Å². The predicted octanol–water partition coefficient (Wildman–Crippen LogP) is 3.89. The van der Waals surface area contributed by atoms with Crippen molar-refractivity contribution in [3.8, 4) is 11.1 Å². The molecule has 3 N–H and O–H groups in total. The average Bonchev–Trinajstić information content (AvgIpc) is 3.32. The summed E-state index contributed by atoms with van der Waals surface area (Å²) in [7, 11) is 0. The minimum Gasteiger partial charge on any atom is -0.465 e. The Morgan fingerprint density at radius 1 is 0.886 bits per heavy atom. The minimum atomic E-state index is -1.24. The van der Waals surface area contributed by atoms with Gasteiger partial charge in [0, 0.05) is 23.5 Å². The summed E-state index contributed by atoms with van der Waals surface area (Å²) in [6, 6.07) is 19.3. The molecule has 2 heterocycles. The van der Waals surface area contributed by atoms with Crippen molar-refractivity contribution in [2.24, 2.45) is 0 Å². The quantitative estimate of drug-likeness (QED) is 0.506. The fourth-order valence-electron chi connectivity index (χ4n) is 5.84. The Morgan fingerprint density at radius 3 is 2.14 bits per heavy atom. The van der Waals surface area contributed by atoms with E-state index in [1.54, 1.807) is 23.1 Å². The van der Waals surface area contributed by atoms with Crippen LogP contribution in [0.5, 0.6) is 0 Å². The molecule has 3 aromatic rings. The zero-order valence-corrected chi connectivity index (χ0v) is 18.5. The van der Waals surface area contributed by atoms with Crippen LogP contribution in [0, 0.1) is 0 Å². The van der Waals surface area contributed by atoms with Crippen LogP contribution in [0.25, 0.3) is 11.1 Å². The second-order valence-corrected chi connectivity index (χ2v) is 8.97. The molecule has 174 valence electrons. The maximum Gasteiger partial charge on any atom is 0.409 e. The highest BCUT2D eigenvalue weighted by Crippen LogP contribution is 2.56. The lowest BCUT2D eigenvalue weighted by atomic mass is 9.83. The van der Waals surface area contributed by atoms with Crippen LogP contribution >= 0.6 is 0 Å².